The first-order valence-electron chi connectivity index (χ1n) is 7.72. The van der Waals surface area contributed by atoms with Crippen LogP contribution in [0.1, 0.15) is 17.0 Å². The van der Waals surface area contributed by atoms with Crippen molar-refractivity contribution < 1.29 is 4.42 Å². The molecule has 23 heavy (non-hydrogen) atoms. The van der Waals surface area contributed by atoms with Crippen LogP contribution in [0.5, 0.6) is 0 Å². The molecule has 0 saturated heterocycles. The largest absolute Gasteiger partial charge is 0.468 e. The van der Waals surface area contributed by atoms with Crippen LogP contribution in [-0.2, 0) is 19.5 Å². The van der Waals surface area contributed by atoms with Gasteiger partial charge in [-0.3, -0.25) is 9.69 Å². The quantitative estimate of drug-likeness (QED) is 0.808. The summed E-state index contributed by atoms with van der Waals surface area (Å²) in [7, 11) is 0. The maximum absolute atomic E-state index is 12.3. The van der Waals surface area contributed by atoms with Crippen LogP contribution in [0.25, 0.3) is 11.4 Å². The molecule has 0 radical (unpaired) electrons. The molecule has 0 amide bonds. The molecule has 3 heterocycles. The Morgan fingerprint density at radius 3 is 2.83 bits per heavy atom. The van der Waals surface area contributed by atoms with Crippen molar-refractivity contribution in [2.45, 2.75) is 19.5 Å². The third kappa shape index (κ3) is 2.83. The Hall–Kier alpha value is -2.66. The number of rotatable bonds is 3. The number of fused-ring (bicyclic) bond motifs is 1. The van der Waals surface area contributed by atoms with Gasteiger partial charge in [-0.1, -0.05) is 30.3 Å². The molecule has 5 nitrogen and oxygen atoms in total. The van der Waals surface area contributed by atoms with E-state index in [0.717, 1.165) is 35.7 Å². The second kappa shape index (κ2) is 5.85. The molecule has 0 unspecified atom stereocenters. The molecule has 1 aromatic carbocycles. The molecular formula is C18H17N3O2. The Bertz CT molecular complexity index is 854. The number of benzene rings is 1. The molecule has 3 aromatic rings. The van der Waals surface area contributed by atoms with Crippen molar-refractivity contribution in [2.24, 2.45) is 0 Å². The molecule has 0 spiro atoms. The van der Waals surface area contributed by atoms with Gasteiger partial charge in [-0.15, -0.1) is 0 Å². The van der Waals surface area contributed by atoms with Crippen molar-refractivity contribution in [3.63, 3.8) is 0 Å². The Morgan fingerprint density at radius 1 is 1.17 bits per heavy atom. The summed E-state index contributed by atoms with van der Waals surface area (Å²) in [5.41, 5.74) is 2.58. The second-order valence-corrected chi connectivity index (χ2v) is 5.75. The summed E-state index contributed by atoms with van der Waals surface area (Å²) in [5, 5.41) is 0. The average molecular weight is 307 g/mol. The van der Waals surface area contributed by atoms with Crippen LogP contribution < -0.4 is 5.56 Å². The Morgan fingerprint density at radius 2 is 2.04 bits per heavy atom. The minimum absolute atomic E-state index is 0.0218. The Labute approximate surface area is 133 Å². The average Bonchev–Trinajstić information content (AvgIpc) is 3.08. The number of nitrogens with zero attached hydrogens (tertiary/aromatic N) is 2. The number of nitrogens with one attached hydrogen (secondary N) is 1. The van der Waals surface area contributed by atoms with Crippen molar-refractivity contribution in [1.29, 1.82) is 0 Å². The molecule has 2 aromatic heterocycles. The maximum Gasteiger partial charge on any atom is 0.254 e. The van der Waals surface area contributed by atoms with E-state index in [4.69, 9.17) is 9.40 Å². The maximum atomic E-state index is 12.3. The molecule has 1 aliphatic heterocycles. The lowest BCUT2D eigenvalue weighted by atomic mass is 10.1. The molecule has 0 aliphatic carbocycles. The summed E-state index contributed by atoms with van der Waals surface area (Å²) in [6, 6.07) is 13.6. The molecular weight excluding hydrogens is 290 g/mol. The fourth-order valence-electron chi connectivity index (χ4n) is 2.98. The zero-order chi connectivity index (χ0) is 15.6. The van der Waals surface area contributed by atoms with Gasteiger partial charge in [0.25, 0.3) is 5.56 Å². The van der Waals surface area contributed by atoms with Crippen LogP contribution in [0.3, 0.4) is 0 Å². The molecule has 0 bridgehead atoms. The van der Waals surface area contributed by atoms with Crippen LogP contribution in [-0.4, -0.2) is 21.4 Å². The van der Waals surface area contributed by atoms with Gasteiger partial charge in [0.05, 0.1) is 18.5 Å². The highest BCUT2D eigenvalue weighted by Gasteiger charge is 2.21. The first-order valence-corrected chi connectivity index (χ1v) is 7.72. The van der Waals surface area contributed by atoms with Gasteiger partial charge in [-0.05, 0) is 18.6 Å². The summed E-state index contributed by atoms with van der Waals surface area (Å²) in [4.78, 5) is 22.2. The number of hydrogen-bond donors (Lipinski definition) is 1. The van der Waals surface area contributed by atoms with E-state index in [9.17, 15) is 4.79 Å². The highest BCUT2D eigenvalue weighted by Crippen LogP contribution is 2.20. The fraction of sp³-hybridized carbons (Fsp3) is 0.222. The number of furan rings is 1. The van der Waals surface area contributed by atoms with Crippen molar-refractivity contribution in [3.05, 3.63) is 76.1 Å². The molecule has 1 N–H and O–H groups in total. The van der Waals surface area contributed by atoms with Crippen molar-refractivity contribution in [2.75, 3.05) is 6.54 Å². The smallest absolute Gasteiger partial charge is 0.254 e. The predicted molar refractivity (Wildman–Crippen MR) is 86.8 cm³/mol. The number of hydrogen-bond acceptors (Lipinski definition) is 4. The summed E-state index contributed by atoms with van der Waals surface area (Å²) in [5.74, 6) is 1.57. The van der Waals surface area contributed by atoms with E-state index in [1.807, 2.05) is 42.5 Å². The van der Waals surface area contributed by atoms with Crippen molar-refractivity contribution in [3.8, 4) is 11.4 Å². The standard InChI is InChI=1S/C18H17N3O2/c22-18-15-8-9-21(11-14-7-4-10-23-14)12-16(15)19-17(20-18)13-5-2-1-3-6-13/h1-7,10H,8-9,11-12H2,(H,19,20,22). The first-order chi connectivity index (χ1) is 11.3. The molecule has 0 fully saturated rings. The van der Waals surface area contributed by atoms with Gasteiger partial charge in [0.2, 0.25) is 0 Å². The van der Waals surface area contributed by atoms with Gasteiger partial charge in [0.15, 0.2) is 0 Å². The number of aromatic nitrogens is 2. The van der Waals surface area contributed by atoms with E-state index in [1.165, 1.54) is 0 Å². The summed E-state index contributed by atoms with van der Waals surface area (Å²) in [6.45, 7) is 2.24. The lowest BCUT2D eigenvalue weighted by Gasteiger charge is -2.26. The topological polar surface area (TPSA) is 62.1 Å². The van der Waals surface area contributed by atoms with Crippen LogP contribution >= 0.6 is 0 Å². The van der Waals surface area contributed by atoms with Crippen LogP contribution in [0.15, 0.2) is 57.9 Å². The van der Waals surface area contributed by atoms with E-state index >= 15 is 0 Å². The minimum atomic E-state index is -0.0218. The predicted octanol–water partition coefficient (Wildman–Crippen LogP) is 2.59. The van der Waals surface area contributed by atoms with Gasteiger partial charge < -0.3 is 9.40 Å². The molecule has 4 rings (SSSR count). The molecule has 0 saturated carbocycles. The van der Waals surface area contributed by atoms with Gasteiger partial charge in [-0.2, -0.15) is 0 Å². The minimum Gasteiger partial charge on any atom is -0.468 e. The van der Waals surface area contributed by atoms with Crippen LogP contribution in [0, 0.1) is 0 Å². The molecule has 1 aliphatic rings. The zero-order valence-electron chi connectivity index (χ0n) is 12.7. The van der Waals surface area contributed by atoms with E-state index < -0.39 is 0 Å². The number of H-pyrrole nitrogens is 1. The first kappa shape index (κ1) is 14.0. The van der Waals surface area contributed by atoms with E-state index in [2.05, 4.69) is 9.88 Å². The van der Waals surface area contributed by atoms with Gasteiger partial charge in [0.1, 0.15) is 11.6 Å². The summed E-state index contributed by atoms with van der Waals surface area (Å²) >= 11 is 0. The van der Waals surface area contributed by atoms with Gasteiger partial charge in [-0.25, -0.2) is 4.98 Å². The SMILES string of the molecule is O=c1[nH]c(-c2ccccc2)nc2c1CCN(Cc1ccco1)C2. The normalized spacial score (nSPS) is 14.6. The number of aromatic amines is 1. The third-order valence-corrected chi connectivity index (χ3v) is 4.16. The monoisotopic (exact) mass is 307 g/mol. The molecule has 5 heteroatoms. The van der Waals surface area contributed by atoms with Crippen LogP contribution in [0.2, 0.25) is 0 Å². The third-order valence-electron chi connectivity index (χ3n) is 4.16. The lowest BCUT2D eigenvalue weighted by Crippen LogP contribution is -2.35. The van der Waals surface area contributed by atoms with Gasteiger partial charge >= 0.3 is 0 Å². The molecule has 116 valence electrons. The molecule has 0 atom stereocenters. The van der Waals surface area contributed by atoms with E-state index in [-0.39, 0.29) is 5.56 Å². The zero-order valence-corrected chi connectivity index (χ0v) is 12.7. The highest BCUT2D eigenvalue weighted by atomic mass is 16.3. The second-order valence-electron chi connectivity index (χ2n) is 5.75. The summed E-state index contributed by atoms with van der Waals surface area (Å²) in [6.07, 6.45) is 2.40. The van der Waals surface area contributed by atoms with Crippen molar-refractivity contribution >= 4 is 0 Å². The van der Waals surface area contributed by atoms with Gasteiger partial charge in [0, 0.05) is 24.2 Å². The lowest BCUT2D eigenvalue weighted by molar-refractivity contribution is 0.221. The van der Waals surface area contributed by atoms with Crippen molar-refractivity contribution in [1.82, 2.24) is 14.9 Å². The van der Waals surface area contributed by atoms with E-state index in [0.29, 0.717) is 18.8 Å². The summed E-state index contributed by atoms with van der Waals surface area (Å²) < 4.78 is 5.41. The fourth-order valence-corrected chi connectivity index (χ4v) is 2.98. The van der Waals surface area contributed by atoms with Crippen LogP contribution in [0.4, 0.5) is 0 Å². The Kier molecular flexibility index (Phi) is 3.55. The highest BCUT2D eigenvalue weighted by molar-refractivity contribution is 5.54. The van der Waals surface area contributed by atoms with E-state index in [1.54, 1.807) is 6.26 Å². The Balaban J connectivity index is 1.64.